The van der Waals surface area contributed by atoms with Gasteiger partial charge in [-0.15, -0.1) is 12.4 Å². The Kier molecular flexibility index (Phi) is 3.87. The third-order valence-corrected chi connectivity index (χ3v) is 4.48. The lowest BCUT2D eigenvalue weighted by molar-refractivity contribution is -0.138. The van der Waals surface area contributed by atoms with E-state index in [0.29, 0.717) is 5.57 Å². The molecule has 5 nitrogen and oxygen atoms in total. The Labute approximate surface area is 118 Å². The van der Waals surface area contributed by atoms with Crippen molar-refractivity contribution in [1.82, 2.24) is 10.2 Å². The number of rotatable bonds is 1. The number of nitrogens with zero attached hydrogens (tertiary/aromatic N) is 1. The van der Waals surface area contributed by atoms with E-state index in [2.05, 4.69) is 5.32 Å². The van der Waals surface area contributed by atoms with Gasteiger partial charge in [0.25, 0.3) is 0 Å². The Hall–Kier alpha value is -1.07. The minimum absolute atomic E-state index is 0. The van der Waals surface area contributed by atoms with E-state index in [1.807, 2.05) is 0 Å². The molecular formula is C13H19ClN2O3. The molecule has 0 aromatic rings. The van der Waals surface area contributed by atoms with Crippen LogP contribution in [0.2, 0.25) is 0 Å². The van der Waals surface area contributed by atoms with E-state index in [1.165, 1.54) is 0 Å². The summed E-state index contributed by atoms with van der Waals surface area (Å²) in [5.41, 5.74) is 1.18. The number of piperidine rings is 1. The van der Waals surface area contributed by atoms with E-state index in [0.717, 1.165) is 44.6 Å². The standard InChI is InChI=1S/C13H18N2O3.ClH/c1-9-10(8-18-11(9)16)15-7-4-13(12(15)17)2-5-14-6-3-13;/h14H,2-8H2,1H3;1H. The Balaban J connectivity index is 0.00000133. The molecule has 0 atom stereocenters. The summed E-state index contributed by atoms with van der Waals surface area (Å²) in [6.45, 7) is 4.54. The molecule has 0 aromatic carbocycles. The van der Waals surface area contributed by atoms with Crippen LogP contribution >= 0.6 is 12.4 Å². The highest BCUT2D eigenvalue weighted by atomic mass is 35.5. The van der Waals surface area contributed by atoms with Crippen LogP contribution in [0.25, 0.3) is 0 Å². The summed E-state index contributed by atoms with van der Waals surface area (Å²) in [5, 5.41) is 3.30. The fourth-order valence-corrected chi connectivity index (χ4v) is 3.20. The van der Waals surface area contributed by atoms with E-state index >= 15 is 0 Å². The van der Waals surface area contributed by atoms with Crippen molar-refractivity contribution < 1.29 is 14.3 Å². The van der Waals surface area contributed by atoms with Gasteiger partial charge in [0, 0.05) is 6.54 Å². The van der Waals surface area contributed by atoms with Gasteiger partial charge in [0.15, 0.2) is 0 Å². The predicted molar refractivity (Wildman–Crippen MR) is 71.8 cm³/mol. The average molecular weight is 287 g/mol. The number of esters is 1. The minimum atomic E-state index is -0.288. The number of carbonyl (C=O) groups excluding carboxylic acids is 2. The van der Waals surface area contributed by atoms with Crippen molar-refractivity contribution in [3.05, 3.63) is 11.3 Å². The summed E-state index contributed by atoms with van der Waals surface area (Å²) < 4.78 is 4.99. The Bertz CT molecular complexity index is 441. The molecule has 0 radical (unpaired) electrons. The average Bonchev–Trinajstić information content (AvgIpc) is 2.86. The molecule has 0 unspecified atom stereocenters. The number of hydrogen-bond donors (Lipinski definition) is 1. The fraction of sp³-hybridized carbons (Fsp3) is 0.692. The van der Waals surface area contributed by atoms with E-state index < -0.39 is 0 Å². The van der Waals surface area contributed by atoms with Gasteiger partial charge in [0.2, 0.25) is 5.91 Å². The van der Waals surface area contributed by atoms with Crippen molar-refractivity contribution in [3.8, 4) is 0 Å². The van der Waals surface area contributed by atoms with Crippen molar-refractivity contribution in [2.45, 2.75) is 26.2 Å². The molecule has 6 heteroatoms. The molecular weight excluding hydrogens is 268 g/mol. The summed E-state index contributed by atoms with van der Waals surface area (Å²) in [7, 11) is 0. The second-order valence-electron chi connectivity index (χ2n) is 5.38. The first-order valence-electron chi connectivity index (χ1n) is 6.54. The third kappa shape index (κ3) is 2.15. The smallest absolute Gasteiger partial charge is 0.336 e. The molecule has 3 rings (SSSR count). The summed E-state index contributed by atoms with van der Waals surface area (Å²) in [5.74, 6) is -0.0966. The molecule has 1 amide bonds. The number of ether oxygens (including phenoxy) is 1. The van der Waals surface area contributed by atoms with Crippen molar-refractivity contribution >= 4 is 24.3 Å². The van der Waals surface area contributed by atoms with Crippen molar-refractivity contribution in [2.75, 3.05) is 26.2 Å². The van der Waals surface area contributed by atoms with Crippen LogP contribution in [0, 0.1) is 5.41 Å². The maximum atomic E-state index is 12.6. The Morgan fingerprint density at radius 3 is 2.47 bits per heavy atom. The molecule has 2 saturated heterocycles. The van der Waals surface area contributed by atoms with Crippen LogP contribution < -0.4 is 5.32 Å². The number of nitrogens with one attached hydrogen (secondary N) is 1. The van der Waals surface area contributed by atoms with Crippen LogP contribution in [0.4, 0.5) is 0 Å². The van der Waals surface area contributed by atoms with Crippen molar-refractivity contribution in [2.24, 2.45) is 5.41 Å². The first-order valence-corrected chi connectivity index (χ1v) is 6.54. The minimum Gasteiger partial charge on any atom is -0.456 e. The van der Waals surface area contributed by atoms with Gasteiger partial charge in [0.05, 0.1) is 16.7 Å². The maximum Gasteiger partial charge on any atom is 0.336 e. The number of likely N-dealkylation sites (tertiary alicyclic amines) is 1. The Morgan fingerprint density at radius 1 is 1.21 bits per heavy atom. The summed E-state index contributed by atoms with van der Waals surface area (Å²) in [6, 6.07) is 0. The third-order valence-electron chi connectivity index (χ3n) is 4.48. The van der Waals surface area contributed by atoms with Crippen LogP contribution in [0.15, 0.2) is 11.3 Å². The number of hydrogen-bond acceptors (Lipinski definition) is 4. The molecule has 3 aliphatic heterocycles. The van der Waals surface area contributed by atoms with E-state index in [9.17, 15) is 9.59 Å². The van der Waals surface area contributed by atoms with Gasteiger partial charge in [-0.1, -0.05) is 0 Å². The Morgan fingerprint density at radius 2 is 1.89 bits per heavy atom. The summed E-state index contributed by atoms with van der Waals surface area (Å²) in [6.07, 6.45) is 2.71. The molecule has 1 spiro atoms. The molecule has 0 bridgehead atoms. The zero-order chi connectivity index (χ0) is 12.8. The molecule has 1 N–H and O–H groups in total. The second-order valence-corrected chi connectivity index (χ2v) is 5.38. The van der Waals surface area contributed by atoms with E-state index in [1.54, 1.807) is 11.8 Å². The van der Waals surface area contributed by atoms with Gasteiger partial charge in [-0.3, -0.25) is 4.79 Å². The molecule has 106 valence electrons. The van der Waals surface area contributed by atoms with Crippen molar-refractivity contribution in [1.29, 1.82) is 0 Å². The number of halogens is 1. The molecule has 3 heterocycles. The highest BCUT2D eigenvalue weighted by molar-refractivity contribution is 5.94. The van der Waals surface area contributed by atoms with Gasteiger partial charge in [-0.05, 0) is 39.3 Å². The van der Waals surface area contributed by atoms with E-state index in [4.69, 9.17) is 4.74 Å². The van der Waals surface area contributed by atoms with Crippen LogP contribution in [-0.2, 0) is 14.3 Å². The zero-order valence-corrected chi connectivity index (χ0v) is 11.8. The lowest BCUT2D eigenvalue weighted by atomic mass is 9.77. The zero-order valence-electron chi connectivity index (χ0n) is 11.0. The fourth-order valence-electron chi connectivity index (χ4n) is 3.20. The van der Waals surface area contributed by atoms with Gasteiger partial charge in [-0.2, -0.15) is 0 Å². The van der Waals surface area contributed by atoms with Gasteiger partial charge < -0.3 is 15.0 Å². The SMILES string of the molecule is CC1=C(N2CCC3(CCNCC3)C2=O)COC1=O.Cl. The van der Waals surface area contributed by atoms with Crippen LogP contribution in [0.3, 0.4) is 0 Å². The van der Waals surface area contributed by atoms with E-state index in [-0.39, 0.29) is 36.3 Å². The number of cyclic esters (lactones) is 1. The largest absolute Gasteiger partial charge is 0.456 e. The summed E-state index contributed by atoms with van der Waals surface area (Å²) >= 11 is 0. The highest BCUT2D eigenvalue weighted by Crippen LogP contribution is 2.42. The van der Waals surface area contributed by atoms with Crippen LogP contribution in [0.1, 0.15) is 26.2 Å². The normalized spacial score (nSPS) is 25.8. The molecule has 3 aliphatic rings. The van der Waals surface area contributed by atoms with Gasteiger partial charge in [-0.25, -0.2) is 4.79 Å². The molecule has 0 aromatic heterocycles. The first-order chi connectivity index (χ1) is 8.64. The van der Waals surface area contributed by atoms with Gasteiger partial charge in [0.1, 0.15) is 6.61 Å². The van der Waals surface area contributed by atoms with Gasteiger partial charge >= 0.3 is 5.97 Å². The second kappa shape index (κ2) is 5.13. The molecule has 0 saturated carbocycles. The lowest BCUT2D eigenvalue weighted by Gasteiger charge is -2.32. The maximum absolute atomic E-state index is 12.6. The van der Waals surface area contributed by atoms with Crippen LogP contribution in [-0.4, -0.2) is 43.0 Å². The first kappa shape index (κ1) is 14.3. The lowest BCUT2D eigenvalue weighted by Crippen LogP contribution is -2.42. The predicted octanol–water partition coefficient (Wildman–Crippen LogP) is 0.841. The quantitative estimate of drug-likeness (QED) is 0.726. The highest BCUT2D eigenvalue weighted by Gasteiger charge is 2.48. The summed E-state index contributed by atoms with van der Waals surface area (Å²) in [4.78, 5) is 25.8. The number of carbonyl (C=O) groups is 2. The molecule has 2 fully saturated rings. The molecule has 0 aliphatic carbocycles. The number of amides is 1. The monoisotopic (exact) mass is 286 g/mol. The topological polar surface area (TPSA) is 58.6 Å². The molecule has 19 heavy (non-hydrogen) atoms. The van der Waals surface area contributed by atoms with Crippen molar-refractivity contribution in [3.63, 3.8) is 0 Å². The van der Waals surface area contributed by atoms with Crippen LogP contribution in [0.5, 0.6) is 0 Å².